The number of benzene rings is 2. The summed E-state index contributed by atoms with van der Waals surface area (Å²) in [5, 5.41) is 7.85. The molecule has 0 aliphatic carbocycles. The van der Waals surface area contributed by atoms with Gasteiger partial charge in [0.25, 0.3) is 0 Å². The number of methoxy groups -OCH3 is 2. The summed E-state index contributed by atoms with van der Waals surface area (Å²) < 4.78 is 15.5. The summed E-state index contributed by atoms with van der Waals surface area (Å²) in [6.07, 6.45) is -0.505. The Hall–Kier alpha value is -3.75. The molecule has 9 heteroatoms. The molecular formula is C23H29N3O6. The first kappa shape index (κ1) is 24.5. The molecule has 2 aromatic rings. The Labute approximate surface area is 187 Å². The van der Waals surface area contributed by atoms with E-state index in [2.05, 4.69) is 16.0 Å². The third kappa shape index (κ3) is 8.17. The molecule has 0 radical (unpaired) electrons. The van der Waals surface area contributed by atoms with Crippen LogP contribution in [0, 0.1) is 0 Å². The molecule has 32 heavy (non-hydrogen) atoms. The molecule has 0 saturated carbocycles. The van der Waals surface area contributed by atoms with Gasteiger partial charge in [-0.1, -0.05) is 6.07 Å². The first-order valence-electron chi connectivity index (χ1n) is 9.97. The fourth-order valence-corrected chi connectivity index (χ4v) is 2.69. The first-order chi connectivity index (χ1) is 15.1. The topological polar surface area (TPSA) is 115 Å². The highest BCUT2D eigenvalue weighted by molar-refractivity contribution is 5.95. The van der Waals surface area contributed by atoms with Crippen molar-refractivity contribution in [3.05, 3.63) is 48.0 Å². The van der Waals surface area contributed by atoms with Crippen LogP contribution >= 0.6 is 0 Å². The van der Waals surface area contributed by atoms with Crippen LogP contribution in [0.2, 0.25) is 0 Å². The van der Waals surface area contributed by atoms with Gasteiger partial charge < -0.3 is 30.2 Å². The summed E-state index contributed by atoms with van der Waals surface area (Å²) in [6, 6.07) is 11.9. The summed E-state index contributed by atoms with van der Waals surface area (Å²) in [7, 11) is 3.09. The maximum Gasteiger partial charge on any atom is 0.408 e. The van der Waals surface area contributed by atoms with Crippen LogP contribution in [0.1, 0.15) is 26.3 Å². The molecule has 0 aromatic heterocycles. The maximum absolute atomic E-state index is 12.3. The second kappa shape index (κ2) is 11.0. The monoisotopic (exact) mass is 443 g/mol. The number of alkyl carbamates (subject to hydrolysis) is 1. The van der Waals surface area contributed by atoms with Crippen molar-refractivity contribution in [3.63, 3.8) is 0 Å². The lowest BCUT2D eigenvalue weighted by Gasteiger charge is -2.19. The van der Waals surface area contributed by atoms with Crippen LogP contribution in [0.25, 0.3) is 0 Å². The minimum Gasteiger partial charge on any atom is -0.493 e. The summed E-state index contributed by atoms with van der Waals surface area (Å²) in [6.45, 7) is 4.99. The molecule has 2 rings (SSSR count). The number of hydrogen-bond donors (Lipinski definition) is 3. The van der Waals surface area contributed by atoms with Gasteiger partial charge in [-0.15, -0.1) is 0 Å². The Morgan fingerprint density at radius 1 is 0.812 bits per heavy atom. The highest BCUT2D eigenvalue weighted by atomic mass is 16.6. The number of carbonyl (C=O) groups excluding carboxylic acids is 3. The van der Waals surface area contributed by atoms with E-state index >= 15 is 0 Å². The number of carbonyl (C=O) groups is 3. The smallest absolute Gasteiger partial charge is 0.408 e. The molecule has 0 bridgehead atoms. The molecule has 9 nitrogen and oxygen atoms in total. The van der Waals surface area contributed by atoms with Gasteiger partial charge in [0.05, 0.1) is 20.6 Å². The van der Waals surface area contributed by atoms with Crippen molar-refractivity contribution < 1.29 is 28.6 Å². The normalized spacial score (nSPS) is 10.7. The minimum atomic E-state index is -0.666. The van der Waals surface area contributed by atoms with E-state index in [4.69, 9.17) is 14.2 Å². The average Bonchev–Trinajstić information content (AvgIpc) is 2.72. The van der Waals surface area contributed by atoms with E-state index in [0.717, 1.165) is 5.56 Å². The fourth-order valence-electron chi connectivity index (χ4n) is 2.69. The van der Waals surface area contributed by atoms with Gasteiger partial charge >= 0.3 is 6.09 Å². The summed E-state index contributed by atoms with van der Waals surface area (Å²) in [5.74, 6) is 0.548. The van der Waals surface area contributed by atoms with E-state index in [-0.39, 0.29) is 18.9 Å². The molecule has 172 valence electrons. The fraction of sp³-hybridized carbons (Fsp3) is 0.348. The summed E-state index contributed by atoms with van der Waals surface area (Å²) >= 11 is 0. The molecule has 0 atom stereocenters. The van der Waals surface area contributed by atoms with Crippen LogP contribution in [0.5, 0.6) is 11.5 Å². The lowest BCUT2D eigenvalue weighted by Crippen LogP contribution is -2.37. The Bertz CT molecular complexity index is 951. The largest absolute Gasteiger partial charge is 0.493 e. The molecule has 0 fully saturated rings. The molecule has 0 heterocycles. The van der Waals surface area contributed by atoms with Gasteiger partial charge in [-0.05, 0) is 62.7 Å². The van der Waals surface area contributed by atoms with E-state index in [1.807, 2.05) is 0 Å². The zero-order valence-corrected chi connectivity index (χ0v) is 18.9. The van der Waals surface area contributed by atoms with Crippen molar-refractivity contribution in [3.8, 4) is 11.5 Å². The Morgan fingerprint density at radius 2 is 1.38 bits per heavy atom. The molecule has 0 spiro atoms. The van der Waals surface area contributed by atoms with E-state index in [1.165, 1.54) is 7.11 Å². The van der Waals surface area contributed by atoms with Crippen LogP contribution in [-0.2, 0) is 20.7 Å². The number of rotatable bonds is 8. The molecular weight excluding hydrogens is 414 g/mol. The first-order valence-corrected chi connectivity index (χ1v) is 9.97. The van der Waals surface area contributed by atoms with Crippen molar-refractivity contribution in [1.82, 2.24) is 5.32 Å². The zero-order chi connectivity index (χ0) is 23.7. The minimum absolute atomic E-state index is 0.162. The average molecular weight is 444 g/mol. The van der Waals surface area contributed by atoms with Crippen LogP contribution in [0.4, 0.5) is 16.2 Å². The van der Waals surface area contributed by atoms with Crippen molar-refractivity contribution in [2.24, 2.45) is 0 Å². The van der Waals surface area contributed by atoms with E-state index in [0.29, 0.717) is 22.9 Å². The number of nitrogens with one attached hydrogen (secondary N) is 3. The number of ether oxygens (including phenoxy) is 3. The van der Waals surface area contributed by atoms with Crippen molar-refractivity contribution in [2.45, 2.75) is 32.8 Å². The highest BCUT2D eigenvalue weighted by Gasteiger charge is 2.16. The molecule has 3 N–H and O–H groups in total. The van der Waals surface area contributed by atoms with Crippen molar-refractivity contribution in [2.75, 3.05) is 31.4 Å². The quantitative estimate of drug-likeness (QED) is 0.576. The molecule has 0 unspecified atom stereocenters. The third-order valence-corrected chi connectivity index (χ3v) is 4.06. The predicted molar refractivity (Wildman–Crippen MR) is 121 cm³/mol. The number of amides is 3. The lowest BCUT2D eigenvalue weighted by atomic mass is 10.1. The van der Waals surface area contributed by atoms with Gasteiger partial charge in [-0.25, -0.2) is 4.79 Å². The van der Waals surface area contributed by atoms with Crippen LogP contribution in [-0.4, -0.2) is 44.3 Å². The molecule has 3 amide bonds. The Kier molecular flexibility index (Phi) is 8.46. The van der Waals surface area contributed by atoms with E-state index in [1.54, 1.807) is 70.3 Å². The number of anilines is 2. The van der Waals surface area contributed by atoms with Gasteiger partial charge in [-0.3, -0.25) is 9.59 Å². The van der Waals surface area contributed by atoms with Gasteiger partial charge in [0.2, 0.25) is 11.8 Å². The summed E-state index contributed by atoms with van der Waals surface area (Å²) in [4.78, 5) is 35.9. The maximum atomic E-state index is 12.3. The highest BCUT2D eigenvalue weighted by Crippen LogP contribution is 2.27. The lowest BCUT2D eigenvalue weighted by molar-refractivity contribution is -0.116. The van der Waals surface area contributed by atoms with Crippen LogP contribution in [0.15, 0.2) is 42.5 Å². The third-order valence-electron chi connectivity index (χ3n) is 4.06. The van der Waals surface area contributed by atoms with Crippen molar-refractivity contribution >= 4 is 29.3 Å². The standard InChI is InChI=1S/C23H29N3O6/c1-23(2,3)32-22(29)24-14-21(28)26-17-9-7-16(8-10-17)25-20(27)13-15-6-11-18(30-4)19(12-15)31-5/h6-12H,13-14H2,1-5H3,(H,24,29)(H,25,27)(H,26,28). The van der Waals surface area contributed by atoms with E-state index in [9.17, 15) is 14.4 Å². The van der Waals surface area contributed by atoms with Gasteiger partial charge in [0.1, 0.15) is 12.1 Å². The number of hydrogen-bond acceptors (Lipinski definition) is 6. The molecule has 0 aliphatic heterocycles. The second-order valence-corrected chi connectivity index (χ2v) is 7.90. The molecule has 2 aromatic carbocycles. The summed E-state index contributed by atoms with van der Waals surface area (Å²) in [5.41, 5.74) is 1.25. The van der Waals surface area contributed by atoms with Crippen LogP contribution in [0.3, 0.4) is 0 Å². The van der Waals surface area contributed by atoms with Gasteiger partial charge in [0.15, 0.2) is 11.5 Å². The molecule has 0 saturated heterocycles. The predicted octanol–water partition coefficient (Wildman–Crippen LogP) is 3.35. The zero-order valence-electron chi connectivity index (χ0n) is 18.9. The second-order valence-electron chi connectivity index (χ2n) is 7.90. The Balaban J connectivity index is 1.84. The van der Waals surface area contributed by atoms with Gasteiger partial charge in [-0.2, -0.15) is 0 Å². The van der Waals surface area contributed by atoms with Gasteiger partial charge in [0, 0.05) is 11.4 Å². The van der Waals surface area contributed by atoms with Crippen molar-refractivity contribution in [1.29, 1.82) is 0 Å². The molecule has 0 aliphatic rings. The Morgan fingerprint density at radius 3 is 1.91 bits per heavy atom. The SMILES string of the molecule is COc1ccc(CC(=O)Nc2ccc(NC(=O)CNC(=O)OC(C)(C)C)cc2)cc1OC. The van der Waals surface area contributed by atoms with Crippen LogP contribution < -0.4 is 25.4 Å². The van der Waals surface area contributed by atoms with E-state index < -0.39 is 17.6 Å².